The van der Waals surface area contributed by atoms with Gasteiger partial charge in [-0.25, -0.2) is 5.84 Å². The second-order valence-corrected chi connectivity index (χ2v) is 3.55. The molecule has 2 heterocycles. The highest BCUT2D eigenvalue weighted by Gasteiger charge is 2.17. The first-order valence-corrected chi connectivity index (χ1v) is 5.51. The number of anilines is 2. The molecule has 8 heteroatoms. The van der Waals surface area contributed by atoms with E-state index in [0.29, 0.717) is 19.2 Å². The summed E-state index contributed by atoms with van der Waals surface area (Å²) in [6.07, 6.45) is 0.932. The summed E-state index contributed by atoms with van der Waals surface area (Å²) >= 11 is 0. The van der Waals surface area contributed by atoms with Crippen molar-refractivity contribution in [2.75, 3.05) is 30.6 Å². The lowest BCUT2D eigenvalue weighted by Crippen LogP contribution is -2.22. The number of nitrogens with two attached hydrogens (primary N) is 1. The topological polar surface area (TPSA) is 107 Å². The molecule has 1 aromatic rings. The predicted octanol–water partition coefficient (Wildman–Crippen LogP) is -0.243. The van der Waals surface area contributed by atoms with Crippen molar-refractivity contribution in [3.63, 3.8) is 0 Å². The summed E-state index contributed by atoms with van der Waals surface area (Å²) in [6, 6.07) is 0.467. The molecule has 0 bridgehead atoms. The van der Waals surface area contributed by atoms with Gasteiger partial charge in [0.25, 0.3) is 0 Å². The zero-order valence-electron chi connectivity index (χ0n) is 9.64. The second kappa shape index (κ2) is 5.60. The van der Waals surface area contributed by atoms with Gasteiger partial charge in [0, 0.05) is 6.61 Å². The fourth-order valence-electron chi connectivity index (χ4n) is 1.51. The van der Waals surface area contributed by atoms with Crippen LogP contribution in [0.25, 0.3) is 0 Å². The van der Waals surface area contributed by atoms with Crippen LogP contribution in [0, 0.1) is 0 Å². The zero-order chi connectivity index (χ0) is 12.1. The van der Waals surface area contributed by atoms with E-state index in [4.69, 9.17) is 15.3 Å². The molecule has 94 valence electrons. The Balaban J connectivity index is 2.10. The Hall–Kier alpha value is -1.67. The monoisotopic (exact) mass is 240 g/mol. The van der Waals surface area contributed by atoms with Crippen LogP contribution in [0.5, 0.6) is 6.01 Å². The highest BCUT2D eigenvalue weighted by atomic mass is 16.5. The van der Waals surface area contributed by atoms with E-state index >= 15 is 0 Å². The van der Waals surface area contributed by atoms with Crippen LogP contribution in [0.4, 0.5) is 11.9 Å². The van der Waals surface area contributed by atoms with Crippen LogP contribution in [0.2, 0.25) is 0 Å². The first kappa shape index (κ1) is 11.8. The van der Waals surface area contributed by atoms with Crippen molar-refractivity contribution in [1.82, 2.24) is 15.0 Å². The Bertz CT molecular complexity index is 369. The number of nitrogens with zero attached hydrogens (tertiary/aromatic N) is 3. The predicted molar refractivity (Wildman–Crippen MR) is 61.7 cm³/mol. The van der Waals surface area contributed by atoms with E-state index in [1.54, 1.807) is 0 Å². The van der Waals surface area contributed by atoms with E-state index in [-0.39, 0.29) is 18.0 Å². The lowest BCUT2D eigenvalue weighted by molar-refractivity contribution is 0.195. The van der Waals surface area contributed by atoms with E-state index in [2.05, 4.69) is 25.7 Å². The number of rotatable bonds is 5. The zero-order valence-corrected chi connectivity index (χ0v) is 9.64. The lowest BCUT2D eigenvalue weighted by Gasteiger charge is -2.11. The number of aromatic nitrogens is 3. The van der Waals surface area contributed by atoms with Crippen molar-refractivity contribution in [3.05, 3.63) is 0 Å². The molecule has 1 aromatic heterocycles. The van der Waals surface area contributed by atoms with Gasteiger partial charge in [0.2, 0.25) is 11.9 Å². The van der Waals surface area contributed by atoms with Crippen molar-refractivity contribution in [2.24, 2.45) is 5.84 Å². The van der Waals surface area contributed by atoms with E-state index in [0.717, 1.165) is 13.0 Å². The summed E-state index contributed by atoms with van der Waals surface area (Å²) in [5.74, 6) is 5.99. The highest BCUT2D eigenvalue weighted by Crippen LogP contribution is 2.14. The van der Waals surface area contributed by atoms with E-state index < -0.39 is 0 Å². The molecular weight excluding hydrogens is 224 g/mol. The van der Waals surface area contributed by atoms with E-state index in [1.807, 2.05) is 6.92 Å². The minimum Gasteiger partial charge on any atom is -0.464 e. The molecule has 4 N–H and O–H groups in total. The van der Waals surface area contributed by atoms with Crippen LogP contribution < -0.4 is 21.3 Å². The van der Waals surface area contributed by atoms with Gasteiger partial charge < -0.3 is 14.8 Å². The molecule has 1 unspecified atom stereocenters. The summed E-state index contributed by atoms with van der Waals surface area (Å²) < 4.78 is 10.5. The van der Waals surface area contributed by atoms with Crippen LogP contribution in [0.15, 0.2) is 0 Å². The molecule has 0 saturated carbocycles. The van der Waals surface area contributed by atoms with Gasteiger partial charge in [-0.1, -0.05) is 0 Å². The summed E-state index contributed by atoms with van der Waals surface area (Å²) in [7, 11) is 0. The number of hydrogen-bond acceptors (Lipinski definition) is 8. The summed E-state index contributed by atoms with van der Waals surface area (Å²) in [6.45, 7) is 3.75. The minimum absolute atomic E-state index is 0.220. The standard InChI is InChI=1S/C9H16N6O2/c1-2-17-9-13-7(12-8(14-9)15-10)11-6-3-4-16-5-6/h6H,2-5,10H2,1H3,(H2,11,12,13,14,15). The normalized spacial score (nSPS) is 19.1. The summed E-state index contributed by atoms with van der Waals surface area (Å²) in [5, 5.41) is 3.15. The number of hydrogen-bond donors (Lipinski definition) is 3. The average Bonchev–Trinajstić information content (AvgIpc) is 2.82. The molecular formula is C9H16N6O2. The molecule has 1 fully saturated rings. The second-order valence-electron chi connectivity index (χ2n) is 3.55. The molecule has 0 aromatic carbocycles. The molecule has 2 rings (SSSR count). The highest BCUT2D eigenvalue weighted by molar-refractivity contribution is 5.35. The third-order valence-electron chi connectivity index (χ3n) is 2.28. The van der Waals surface area contributed by atoms with Gasteiger partial charge in [-0.3, -0.25) is 5.43 Å². The smallest absolute Gasteiger partial charge is 0.323 e. The lowest BCUT2D eigenvalue weighted by atomic mass is 10.3. The largest absolute Gasteiger partial charge is 0.464 e. The Morgan fingerprint density at radius 1 is 1.41 bits per heavy atom. The van der Waals surface area contributed by atoms with Crippen molar-refractivity contribution < 1.29 is 9.47 Å². The third-order valence-corrected chi connectivity index (χ3v) is 2.28. The SMILES string of the molecule is CCOc1nc(NN)nc(NC2CCOC2)n1. The Kier molecular flexibility index (Phi) is 3.89. The molecule has 8 nitrogen and oxygen atoms in total. The van der Waals surface area contributed by atoms with Gasteiger partial charge in [-0.15, -0.1) is 0 Å². The fourth-order valence-corrected chi connectivity index (χ4v) is 1.51. The maximum Gasteiger partial charge on any atom is 0.323 e. The van der Waals surface area contributed by atoms with Crippen molar-refractivity contribution in [3.8, 4) is 6.01 Å². The molecule has 1 aliphatic heterocycles. The fraction of sp³-hybridized carbons (Fsp3) is 0.667. The van der Waals surface area contributed by atoms with Gasteiger partial charge in [0.1, 0.15) is 0 Å². The van der Waals surface area contributed by atoms with Gasteiger partial charge in [0.05, 0.1) is 19.3 Å². The molecule has 0 spiro atoms. The van der Waals surface area contributed by atoms with Gasteiger partial charge in [-0.05, 0) is 13.3 Å². The van der Waals surface area contributed by atoms with Gasteiger partial charge in [-0.2, -0.15) is 15.0 Å². The van der Waals surface area contributed by atoms with Crippen molar-refractivity contribution in [2.45, 2.75) is 19.4 Å². The van der Waals surface area contributed by atoms with Crippen molar-refractivity contribution >= 4 is 11.9 Å². The average molecular weight is 240 g/mol. The van der Waals surface area contributed by atoms with Crippen LogP contribution in [-0.4, -0.2) is 40.8 Å². The molecule has 1 aliphatic rings. The maximum atomic E-state index is 5.28. The summed E-state index contributed by atoms with van der Waals surface area (Å²) in [5.41, 5.74) is 2.38. The Morgan fingerprint density at radius 2 is 2.24 bits per heavy atom. The van der Waals surface area contributed by atoms with Gasteiger partial charge >= 0.3 is 6.01 Å². The van der Waals surface area contributed by atoms with Gasteiger partial charge in [0.15, 0.2) is 0 Å². The van der Waals surface area contributed by atoms with E-state index in [9.17, 15) is 0 Å². The number of hydrazine groups is 1. The summed E-state index contributed by atoms with van der Waals surface area (Å²) in [4.78, 5) is 12.2. The number of nitrogen functional groups attached to an aromatic ring is 1. The maximum absolute atomic E-state index is 5.28. The van der Waals surface area contributed by atoms with Crippen LogP contribution in [0.3, 0.4) is 0 Å². The molecule has 17 heavy (non-hydrogen) atoms. The molecule has 0 amide bonds. The first-order chi connectivity index (χ1) is 8.31. The molecule has 1 atom stereocenters. The molecule has 1 saturated heterocycles. The number of nitrogens with one attached hydrogen (secondary N) is 2. The number of ether oxygens (including phenoxy) is 2. The minimum atomic E-state index is 0.220. The third kappa shape index (κ3) is 3.14. The van der Waals surface area contributed by atoms with Crippen molar-refractivity contribution in [1.29, 1.82) is 0 Å². The van der Waals surface area contributed by atoms with Crippen LogP contribution in [0.1, 0.15) is 13.3 Å². The first-order valence-electron chi connectivity index (χ1n) is 5.51. The van der Waals surface area contributed by atoms with E-state index in [1.165, 1.54) is 0 Å². The Labute approximate surface area is 98.9 Å². The molecule has 0 aliphatic carbocycles. The molecule has 0 radical (unpaired) electrons. The Morgan fingerprint density at radius 3 is 2.88 bits per heavy atom. The van der Waals surface area contributed by atoms with Crippen LogP contribution >= 0.6 is 0 Å². The quantitative estimate of drug-likeness (QED) is 0.478. The van der Waals surface area contributed by atoms with Crippen LogP contribution in [-0.2, 0) is 4.74 Å².